The number of ether oxygens (including phenoxy) is 1. The summed E-state index contributed by atoms with van der Waals surface area (Å²) in [7, 11) is 1.49. The van der Waals surface area contributed by atoms with Gasteiger partial charge in [-0.15, -0.1) is 5.92 Å². The predicted molar refractivity (Wildman–Crippen MR) is 108 cm³/mol. The Morgan fingerprint density at radius 2 is 1.93 bits per heavy atom. The van der Waals surface area contributed by atoms with Gasteiger partial charge in [0.05, 0.1) is 13.1 Å². The van der Waals surface area contributed by atoms with Crippen molar-refractivity contribution >= 4 is 16.9 Å². The fourth-order valence-electron chi connectivity index (χ4n) is 2.92. The topological polar surface area (TPSA) is 114 Å². The Labute approximate surface area is 166 Å². The summed E-state index contributed by atoms with van der Waals surface area (Å²) in [6.07, 6.45) is 0. The van der Waals surface area contributed by atoms with Gasteiger partial charge < -0.3 is 10.5 Å². The van der Waals surface area contributed by atoms with Gasteiger partial charge in [0, 0.05) is 19.2 Å². The number of imidazole rings is 1. The van der Waals surface area contributed by atoms with Gasteiger partial charge in [-0.1, -0.05) is 36.3 Å². The van der Waals surface area contributed by atoms with Crippen molar-refractivity contribution in [2.24, 2.45) is 12.8 Å². The Hall–Kier alpha value is -3.64. The molecule has 0 aliphatic carbocycles. The lowest BCUT2D eigenvalue weighted by atomic mass is 10.1. The number of benzene rings is 1. The van der Waals surface area contributed by atoms with E-state index in [1.165, 1.54) is 16.2 Å². The zero-order valence-electron chi connectivity index (χ0n) is 16.2. The third-order valence-electron chi connectivity index (χ3n) is 4.36. The van der Waals surface area contributed by atoms with E-state index in [-0.39, 0.29) is 49.2 Å². The van der Waals surface area contributed by atoms with E-state index in [0.29, 0.717) is 5.56 Å². The first-order valence-electron chi connectivity index (χ1n) is 9.00. The molecule has 0 fully saturated rings. The molecule has 1 aromatic carbocycles. The van der Waals surface area contributed by atoms with Crippen molar-refractivity contribution in [2.45, 2.75) is 20.0 Å². The molecular weight excluding hydrogens is 374 g/mol. The van der Waals surface area contributed by atoms with E-state index >= 15 is 0 Å². The van der Waals surface area contributed by atoms with Crippen LogP contribution in [0.25, 0.3) is 11.2 Å². The lowest BCUT2D eigenvalue weighted by Crippen LogP contribution is -2.41. The number of aryl methyl sites for hydroxylation is 1. The Morgan fingerprint density at radius 1 is 1.21 bits per heavy atom. The summed E-state index contributed by atoms with van der Waals surface area (Å²) in [6, 6.07) is 8.64. The SMILES string of the molecule is CC#CCn1c(OCCN)nc2c1c(=O)n(CC(=O)c1ccccc1)c(=O)n2C. The monoisotopic (exact) mass is 395 g/mol. The van der Waals surface area contributed by atoms with Crippen LogP contribution in [0, 0.1) is 11.8 Å². The number of nitrogens with two attached hydrogens (primary N) is 1. The van der Waals surface area contributed by atoms with Crippen LogP contribution in [0.15, 0.2) is 39.9 Å². The van der Waals surface area contributed by atoms with Crippen LogP contribution in [-0.4, -0.2) is 37.6 Å². The summed E-state index contributed by atoms with van der Waals surface area (Å²) in [5.74, 6) is 5.28. The highest BCUT2D eigenvalue weighted by Crippen LogP contribution is 2.17. The summed E-state index contributed by atoms with van der Waals surface area (Å²) in [6.45, 7) is 1.89. The molecule has 3 aromatic rings. The van der Waals surface area contributed by atoms with E-state index < -0.39 is 11.2 Å². The minimum absolute atomic E-state index is 0.141. The highest BCUT2D eigenvalue weighted by atomic mass is 16.5. The molecule has 0 aliphatic heterocycles. The minimum atomic E-state index is -0.636. The summed E-state index contributed by atoms with van der Waals surface area (Å²) >= 11 is 0. The Balaban J connectivity index is 2.19. The van der Waals surface area contributed by atoms with Crippen LogP contribution in [0.4, 0.5) is 0 Å². The molecule has 9 nitrogen and oxygen atoms in total. The third kappa shape index (κ3) is 3.83. The number of carbonyl (C=O) groups excluding carboxylic acids is 1. The van der Waals surface area contributed by atoms with Crippen molar-refractivity contribution in [3.8, 4) is 17.9 Å². The van der Waals surface area contributed by atoms with Crippen LogP contribution in [0.3, 0.4) is 0 Å². The number of hydrogen-bond donors (Lipinski definition) is 1. The molecule has 2 N–H and O–H groups in total. The minimum Gasteiger partial charge on any atom is -0.463 e. The van der Waals surface area contributed by atoms with Crippen molar-refractivity contribution in [3.05, 3.63) is 56.7 Å². The number of ketones is 1. The molecule has 2 aromatic heterocycles. The number of hydrogen-bond acceptors (Lipinski definition) is 6. The second-order valence-corrected chi connectivity index (χ2v) is 6.24. The van der Waals surface area contributed by atoms with E-state index in [4.69, 9.17) is 10.5 Å². The molecule has 0 spiro atoms. The van der Waals surface area contributed by atoms with Crippen molar-refractivity contribution in [2.75, 3.05) is 13.2 Å². The van der Waals surface area contributed by atoms with Gasteiger partial charge in [0.15, 0.2) is 16.9 Å². The van der Waals surface area contributed by atoms with Crippen LogP contribution in [-0.2, 0) is 20.1 Å². The highest BCUT2D eigenvalue weighted by molar-refractivity contribution is 5.95. The third-order valence-corrected chi connectivity index (χ3v) is 4.36. The number of carbonyl (C=O) groups is 1. The van der Waals surface area contributed by atoms with Gasteiger partial charge in [0.1, 0.15) is 6.61 Å². The van der Waals surface area contributed by atoms with Gasteiger partial charge in [0.25, 0.3) is 11.6 Å². The molecule has 0 aliphatic rings. The second kappa shape index (κ2) is 8.58. The fourth-order valence-corrected chi connectivity index (χ4v) is 2.92. The molecule has 0 radical (unpaired) electrons. The first kappa shape index (κ1) is 20.1. The average Bonchev–Trinajstić information content (AvgIpc) is 3.11. The maximum Gasteiger partial charge on any atom is 0.332 e. The summed E-state index contributed by atoms with van der Waals surface area (Å²) in [5.41, 5.74) is 4.95. The van der Waals surface area contributed by atoms with Gasteiger partial charge in [-0.3, -0.25) is 23.3 Å². The highest BCUT2D eigenvalue weighted by Gasteiger charge is 2.22. The Morgan fingerprint density at radius 3 is 2.59 bits per heavy atom. The second-order valence-electron chi connectivity index (χ2n) is 6.24. The maximum atomic E-state index is 13.1. The Bertz CT molecular complexity index is 1230. The number of fused-ring (bicyclic) bond motifs is 1. The van der Waals surface area contributed by atoms with Crippen molar-refractivity contribution in [1.82, 2.24) is 18.7 Å². The molecular formula is C20H21N5O4. The lowest BCUT2D eigenvalue weighted by molar-refractivity contribution is 0.0969. The largest absolute Gasteiger partial charge is 0.463 e. The van der Waals surface area contributed by atoms with Crippen molar-refractivity contribution in [1.29, 1.82) is 0 Å². The normalized spacial score (nSPS) is 10.6. The molecule has 0 amide bonds. The molecule has 9 heteroatoms. The molecule has 150 valence electrons. The molecule has 2 heterocycles. The predicted octanol–water partition coefficient (Wildman–Crippen LogP) is 0.140. The first-order valence-corrected chi connectivity index (χ1v) is 9.00. The Kier molecular flexibility index (Phi) is 5.95. The quantitative estimate of drug-likeness (QED) is 0.450. The molecule has 0 atom stereocenters. The van der Waals surface area contributed by atoms with Crippen molar-refractivity contribution < 1.29 is 9.53 Å². The first-order chi connectivity index (χ1) is 14.0. The molecule has 29 heavy (non-hydrogen) atoms. The van der Waals surface area contributed by atoms with E-state index in [1.807, 2.05) is 0 Å². The summed E-state index contributed by atoms with van der Waals surface area (Å²) in [5, 5.41) is 0. The molecule has 0 unspecified atom stereocenters. The van der Waals surface area contributed by atoms with Gasteiger partial charge in [0.2, 0.25) is 0 Å². The fraction of sp³-hybridized carbons (Fsp3) is 0.300. The van der Waals surface area contributed by atoms with Gasteiger partial charge in [-0.05, 0) is 6.92 Å². The van der Waals surface area contributed by atoms with Crippen molar-refractivity contribution in [3.63, 3.8) is 0 Å². The van der Waals surface area contributed by atoms with E-state index in [2.05, 4.69) is 16.8 Å². The van der Waals surface area contributed by atoms with Gasteiger partial charge >= 0.3 is 5.69 Å². The number of aromatic nitrogens is 4. The summed E-state index contributed by atoms with van der Waals surface area (Å²) in [4.78, 5) is 42.8. The van der Waals surface area contributed by atoms with Crippen LogP contribution in [0.2, 0.25) is 0 Å². The van der Waals surface area contributed by atoms with Crippen LogP contribution >= 0.6 is 0 Å². The number of rotatable bonds is 7. The van der Waals surface area contributed by atoms with E-state index in [9.17, 15) is 14.4 Å². The van der Waals surface area contributed by atoms with Crippen LogP contribution < -0.4 is 21.7 Å². The van der Waals surface area contributed by atoms with E-state index in [0.717, 1.165) is 4.57 Å². The van der Waals surface area contributed by atoms with Crippen LogP contribution in [0.5, 0.6) is 6.01 Å². The lowest BCUT2D eigenvalue weighted by Gasteiger charge is -2.09. The zero-order valence-corrected chi connectivity index (χ0v) is 16.2. The maximum absolute atomic E-state index is 13.1. The van der Waals surface area contributed by atoms with Crippen LogP contribution in [0.1, 0.15) is 17.3 Å². The summed E-state index contributed by atoms with van der Waals surface area (Å²) < 4.78 is 9.16. The number of Topliss-reactive ketones (excluding diaryl/α,β-unsaturated/α-hetero) is 1. The van der Waals surface area contributed by atoms with Gasteiger partial charge in [-0.2, -0.15) is 4.98 Å². The molecule has 3 rings (SSSR count). The molecule has 0 bridgehead atoms. The standard InChI is InChI=1S/C20H21N5O4/c1-3-4-11-24-16-17(22-19(24)29-12-10-21)23(2)20(28)25(18(16)27)13-15(26)14-8-6-5-7-9-14/h5-9H,10-13,21H2,1-2H3. The molecule has 0 saturated heterocycles. The molecule has 0 saturated carbocycles. The smallest absolute Gasteiger partial charge is 0.332 e. The van der Waals surface area contributed by atoms with E-state index in [1.54, 1.807) is 37.3 Å². The van der Waals surface area contributed by atoms with Gasteiger partial charge in [-0.25, -0.2) is 4.79 Å². The number of nitrogens with zero attached hydrogens (tertiary/aromatic N) is 4. The zero-order chi connectivity index (χ0) is 21.0. The average molecular weight is 395 g/mol.